The number of hydrogen-bond acceptors (Lipinski definition) is 8. The molecule has 4 aromatic rings. The van der Waals surface area contributed by atoms with Crippen LogP contribution in [0.25, 0.3) is 22.2 Å². The number of carbonyl (C=O) groups is 2. The smallest absolute Gasteiger partial charge is 0.411 e. The van der Waals surface area contributed by atoms with Gasteiger partial charge in [0.2, 0.25) is 0 Å². The minimum absolute atomic E-state index is 0.0596. The second-order valence-corrected chi connectivity index (χ2v) is 15.7. The van der Waals surface area contributed by atoms with Gasteiger partial charge in [-0.3, -0.25) is 20.1 Å². The first-order valence-corrected chi connectivity index (χ1v) is 18.3. The first-order valence-electron chi connectivity index (χ1n) is 17.9. The number of benzene rings is 2. The number of hydrazone groups is 1. The molecule has 0 unspecified atom stereocenters. The molecule has 1 saturated carbocycles. The number of carbonyl (C=O) groups excluding carboxylic acids is 2. The van der Waals surface area contributed by atoms with E-state index in [1.54, 1.807) is 30.3 Å². The Hall–Kier alpha value is -5.79. The Balaban J connectivity index is 1.42. The van der Waals surface area contributed by atoms with E-state index >= 15 is 4.79 Å². The molecule has 2 aliphatic rings. The number of fused-ring (bicyclic) bond motifs is 1. The largest absolute Gasteiger partial charge is 0.447 e. The average molecular weight is 851 g/mol. The van der Waals surface area contributed by atoms with Crippen LogP contribution in [0.5, 0.6) is 0 Å². The van der Waals surface area contributed by atoms with E-state index in [2.05, 4.69) is 32.2 Å². The Kier molecular flexibility index (Phi) is 11.4. The molecule has 0 spiro atoms. The van der Waals surface area contributed by atoms with Gasteiger partial charge in [-0.15, -0.1) is 0 Å². The summed E-state index contributed by atoms with van der Waals surface area (Å²) in [6, 6.07) is 10.6. The van der Waals surface area contributed by atoms with Crippen LogP contribution in [-0.2, 0) is 15.1 Å². The lowest BCUT2D eigenvalue weighted by Crippen LogP contribution is -2.49. The molecule has 2 aromatic heterocycles. The third-order valence-corrected chi connectivity index (χ3v) is 10.2. The molecule has 2 fully saturated rings. The van der Waals surface area contributed by atoms with Crippen LogP contribution in [0.15, 0.2) is 71.0 Å². The third kappa shape index (κ3) is 8.40. The minimum atomic E-state index is -4.76. The van der Waals surface area contributed by atoms with Gasteiger partial charge in [-0.25, -0.2) is 28.3 Å². The van der Waals surface area contributed by atoms with Crippen molar-refractivity contribution in [2.45, 2.75) is 76.3 Å². The first-order chi connectivity index (χ1) is 27.6. The highest BCUT2D eigenvalue weighted by Crippen LogP contribution is 2.49. The van der Waals surface area contributed by atoms with Gasteiger partial charge in [-0.05, 0) is 66.1 Å². The molecule has 3 N–H and O–H groups in total. The maximum atomic E-state index is 15.1. The van der Waals surface area contributed by atoms with Gasteiger partial charge in [0.15, 0.2) is 11.8 Å². The number of rotatable bonds is 12. The molecule has 314 valence electrons. The Bertz CT molecular complexity index is 2330. The van der Waals surface area contributed by atoms with E-state index in [0.29, 0.717) is 37.4 Å². The predicted molar refractivity (Wildman–Crippen MR) is 206 cm³/mol. The molecule has 1 saturated heterocycles. The number of ether oxygens (including phenoxy) is 1. The van der Waals surface area contributed by atoms with Gasteiger partial charge in [0.05, 0.1) is 34.2 Å². The number of guanidine groups is 1. The van der Waals surface area contributed by atoms with Crippen LogP contribution in [0.3, 0.4) is 0 Å². The third-order valence-electron chi connectivity index (χ3n) is 9.92. The van der Waals surface area contributed by atoms with E-state index in [4.69, 9.17) is 16.3 Å². The number of aliphatic imine (C=N–C) groups is 1. The van der Waals surface area contributed by atoms with Crippen molar-refractivity contribution in [2.75, 3.05) is 18.7 Å². The number of hydrogen-bond donors (Lipinski definition) is 3. The van der Waals surface area contributed by atoms with Crippen molar-refractivity contribution in [1.29, 1.82) is 5.41 Å². The van der Waals surface area contributed by atoms with Crippen LogP contribution in [-0.4, -0.2) is 82.0 Å². The van der Waals surface area contributed by atoms with Crippen molar-refractivity contribution >= 4 is 58.7 Å². The Morgan fingerprint density at radius 3 is 2.41 bits per heavy atom. The van der Waals surface area contributed by atoms with Crippen LogP contribution in [0, 0.1) is 10.8 Å². The summed E-state index contributed by atoms with van der Waals surface area (Å²) in [5, 5.41) is 22.5. The number of amides is 2. The number of alkyl carbamates (subject to hydrolysis) is 1. The Morgan fingerprint density at radius 1 is 1.12 bits per heavy atom. The van der Waals surface area contributed by atoms with E-state index in [-0.39, 0.29) is 35.5 Å². The van der Waals surface area contributed by atoms with E-state index in [9.17, 15) is 40.9 Å². The molecule has 0 radical (unpaired) electrons. The average Bonchev–Trinajstić information content (AvgIpc) is 3.70. The maximum Gasteiger partial charge on any atom is 0.411 e. The second-order valence-electron chi connectivity index (χ2n) is 15.2. The summed E-state index contributed by atoms with van der Waals surface area (Å²) in [6.45, 7) is 5.29. The molecular formula is C38H38ClF7N10O3. The standard InChI is InChI=1S/C38H38ClF7N10O3/c1-35(2,3)19-37(23-8-11-25-20(14-23)7-10-26(51-25)22-16-50-54(17-22)32(42)43)31(57)55(33(47)52-37)28(18-59-34(58)53-36(12-13-36)38(44,45)46)21-6-9-24(39)27(15-21)56(49-5)30(48-4)29(40)41/h6-11,14-17,28-29,32H,5,12-13,18-19H2,1-4H3,(H2,47,52)(H,53,58)/b48-30-/t28-,37-/m1/s1. The van der Waals surface area contributed by atoms with Crippen LogP contribution >= 0.6 is 11.6 Å². The van der Waals surface area contributed by atoms with Crippen LogP contribution < -0.4 is 15.6 Å². The number of halogens is 8. The number of anilines is 1. The Labute approximate surface area is 337 Å². The number of nitrogens with one attached hydrogen (secondary N) is 3. The van der Waals surface area contributed by atoms with Crippen molar-refractivity contribution in [2.24, 2.45) is 15.5 Å². The Morgan fingerprint density at radius 2 is 1.83 bits per heavy atom. The number of alkyl halides is 7. The zero-order valence-electron chi connectivity index (χ0n) is 31.9. The zero-order chi connectivity index (χ0) is 43.2. The number of aromatic nitrogens is 3. The molecule has 21 heteroatoms. The lowest BCUT2D eigenvalue weighted by Gasteiger charge is -2.35. The number of pyridine rings is 1. The summed E-state index contributed by atoms with van der Waals surface area (Å²) in [7, 11) is 1.10. The van der Waals surface area contributed by atoms with Crippen LogP contribution in [0.1, 0.15) is 63.8 Å². The first kappa shape index (κ1) is 42.8. The highest BCUT2D eigenvalue weighted by molar-refractivity contribution is 6.34. The van der Waals surface area contributed by atoms with E-state index < -0.39 is 72.1 Å². The summed E-state index contributed by atoms with van der Waals surface area (Å²) >= 11 is 6.44. The molecular weight excluding hydrogens is 813 g/mol. The molecule has 1 aliphatic carbocycles. The topological polar surface area (TPSA) is 153 Å². The van der Waals surface area contributed by atoms with E-state index in [1.165, 1.54) is 24.4 Å². The van der Waals surface area contributed by atoms with Crippen molar-refractivity contribution in [3.63, 3.8) is 0 Å². The van der Waals surface area contributed by atoms with Crippen LogP contribution in [0.2, 0.25) is 5.02 Å². The molecule has 0 bridgehead atoms. The molecule has 59 heavy (non-hydrogen) atoms. The van der Waals surface area contributed by atoms with E-state index in [1.807, 2.05) is 26.1 Å². The monoisotopic (exact) mass is 850 g/mol. The number of amidine groups is 1. The lowest BCUT2D eigenvalue weighted by atomic mass is 9.75. The van der Waals surface area contributed by atoms with Gasteiger partial charge in [0.1, 0.15) is 17.7 Å². The van der Waals surface area contributed by atoms with Gasteiger partial charge in [-0.1, -0.05) is 50.6 Å². The summed E-state index contributed by atoms with van der Waals surface area (Å²) in [4.78, 5) is 37.2. The van der Waals surface area contributed by atoms with Crippen molar-refractivity contribution < 1.29 is 45.1 Å². The van der Waals surface area contributed by atoms with Gasteiger partial charge in [0.25, 0.3) is 12.3 Å². The number of nitrogens with zero attached hydrogens (tertiary/aromatic N) is 7. The van der Waals surface area contributed by atoms with Gasteiger partial charge >= 0.3 is 18.8 Å². The van der Waals surface area contributed by atoms with E-state index in [0.717, 1.165) is 18.1 Å². The van der Waals surface area contributed by atoms with Gasteiger partial charge < -0.3 is 15.4 Å². The molecule has 1 aliphatic heterocycles. The quantitative estimate of drug-likeness (QED) is 0.0560. The summed E-state index contributed by atoms with van der Waals surface area (Å²) < 4.78 is 101. The SMILES string of the molecule is C=NN(/C(=N\C)C(F)F)c1cc([C@@H](COC(=O)NC2(C(F)(F)F)CC2)N2C(=N)N[C@](CC(C)(C)C)(c3ccc4nc(-c5cnn(C(F)F)c5)ccc4c3)C2=O)ccc1Cl. The summed E-state index contributed by atoms with van der Waals surface area (Å²) in [5.41, 5.74) is -3.34. The summed E-state index contributed by atoms with van der Waals surface area (Å²) in [6.07, 6.45) is -7.60. The van der Waals surface area contributed by atoms with Crippen LogP contribution in [0.4, 0.5) is 41.2 Å². The normalized spacial score (nSPS) is 18.7. The molecule has 6 rings (SSSR count). The van der Waals surface area contributed by atoms with Crippen molar-refractivity contribution in [1.82, 2.24) is 30.3 Å². The fourth-order valence-corrected chi connectivity index (χ4v) is 7.23. The minimum Gasteiger partial charge on any atom is -0.447 e. The lowest BCUT2D eigenvalue weighted by molar-refractivity contribution is -0.164. The molecule has 13 nitrogen and oxygen atoms in total. The fourth-order valence-electron chi connectivity index (χ4n) is 7.03. The maximum absolute atomic E-state index is 15.1. The molecule has 2 amide bonds. The molecule has 3 heterocycles. The zero-order valence-corrected chi connectivity index (χ0v) is 32.7. The van der Waals surface area contributed by atoms with Gasteiger partial charge in [-0.2, -0.15) is 32.2 Å². The predicted octanol–water partition coefficient (Wildman–Crippen LogP) is 8.42. The molecule has 2 atom stereocenters. The highest BCUT2D eigenvalue weighted by Gasteiger charge is 2.65. The molecule has 2 aromatic carbocycles. The summed E-state index contributed by atoms with van der Waals surface area (Å²) in [5.74, 6) is -2.04. The fraction of sp³-hybridized carbons (Fsp3) is 0.395. The second kappa shape index (κ2) is 15.8. The van der Waals surface area contributed by atoms with Gasteiger partial charge in [0, 0.05) is 30.9 Å². The van der Waals surface area contributed by atoms with Crippen molar-refractivity contribution in [3.05, 3.63) is 77.1 Å². The van der Waals surface area contributed by atoms with Crippen molar-refractivity contribution in [3.8, 4) is 11.3 Å². The highest BCUT2D eigenvalue weighted by atomic mass is 35.5.